The van der Waals surface area contributed by atoms with Gasteiger partial charge in [-0.3, -0.25) is 13.9 Å². The molecule has 0 spiro atoms. The summed E-state index contributed by atoms with van der Waals surface area (Å²) < 4.78 is 1.36. The van der Waals surface area contributed by atoms with Crippen LogP contribution in [0, 0.1) is 5.41 Å². The third kappa shape index (κ3) is 3.64. The number of benzene rings is 1. The SMILES string of the molecule is CC(C)(C)C(=O)N(S)c1ccc(C2=NNC(=O)CC2)cc1. The summed E-state index contributed by atoms with van der Waals surface area (Å²) in [5.74, 6) is -0.131. The molecule has 6 heteroatoms. The van der Waals surface area contributed by atoms with E-state index in [9.17, 15) is 9.59 Å². The standard InChI is InChI=1S/C15H19N3O2S/c1-15(2,3)14(20)18(21)11-6-4-10(5-7-11)12-8-9-13(19)17-16-12/h4-7,21H,8-9H2,1-3H3,(H,17,19). The summed E-state index contributed by atoms with van der Waals surface area (Å²) >= 11 is 4.28. The van der Waals surface area contributed by atoms with Gasteiger partial charge in [-0.05, 0) is 17.7 Å². The van der Waals surface area contributed by atoms with E-state index in [1.807, 2.05) is 45.0 Å². The third-order valence-electron chi connectivity index (χ3n) is 3.18. The van der Waals surface area contributed by atoms with Crippen molar-refractivity contribution in [2.24, 2.45) is 10.5 Å². The van der Waals surface area contributed by atoms with Crippen LogP contribution < -0.4 is 9.73 Å². The number of anilines is 1. The third-order valence-corrected chi connectivity index (χ3v) is 3.60. The van der Waals surface area contributed by atoms with Crippen LogP contribution in [0.1, 0.15) is 39.2 Å². The molecule has 5 nitrogen and oxygen atoms in total. The van der Waals surface area contributed by atoms with Crippen LogP contribution in [-0.2, 0) is 9.59 Å². The average molecular weight is 305 g/mol. The number of nitrogens with zero attached hydrogens (tertiary/aromatic N) is 2. The summed E-state index contributed by atoms with van der Waals surface area (Å²) in [5, 5.41) is 4.05. The fourth-order valence-corrected chi connectivity index (χ4v) is 2.35. The van der Waals surface area contributed by atoms with Crippen LogP contribution in [0.15, 0.2) is 29.4 Å². The smallest absolute Gasteiger partial charge is 0.242 e. The van der Waals surface area contributed by atoms with Gasteiger partial charge in [-0.25, -0.2) is 5.43 Å². The number of hydrazone groups is 1. The van der Waals surface area contributed by atoms with E-state index >= 15 is 0 Å². The molecule has 0 unspecified atom stereocenters. The first kappa shape index (κ1) is 15.6. The van der Waals surface area contributed by atoms with E-state index in [-0.39, 0.29) is 11.8 Å². The molecule has 2 rings (SSSR count). The van der Waals surface area contributed by atoms with Gasteiger partial charge < -0.3 is 0 Å². The number of hydrogen-bond acceptors (Lipinski definition) is 4. The Bertz CT molecular complexity index is 588. The number of nitrogens with one attached hydrogen (secondary N) is 1. The Hall–Kier alpha value is -1.82. The molecular weight excluding hydrogens is 286 g/mol. The summed E-state index contributed by atoms with van der Waals surface area (Å²) in [6.45, 7) is 5.56. The predicted molar refractivity (Wildman–Crippen MR) is 86.3 cm³/mol. The van der Waals surface area contributed by atoms with E-state index in [4.69, 9.17) is 0 Å². The van der Waals surface area contributed by atoms with Gasteiger partial charge in [0.1, 0.15) is 0 Å². The van der Waals surface area contributed by atoms with Crippen molar-refractivity contribution in [2.45, 2.75) is 33.6 Å². The first-order valence-corrected chi connectivity index (χ1v) is 7.18. The maximum absolute atomic E-state index is 12.2. The van der Waals surface area contributed by atoms with Crippen LogP contribution in [0.4, 0.5) is 5.69 Å². The first-order chi connectivity index (χ1) is 9.79. The Balaban J connectivity index is 2.16. The molecular formula is C15H19N3O2S. The van der Waals surface area contributed by atoms with E-state index < -0.39 is 5.41 Å². The molecule has 0 atom stereocenters. The van der Waals surface area contributed by atoms with Crippen molar-refractivity contribution in [3.63, 3.8) is 0 Å². The molecule has 0 aliphatic carbocycles. The lowest BCUT2D eigenvalue weighted by Crippen LogP contribution is -2.33. The van der Waals surface area contributed by atoms with Crippen LogP contribution in [0.2, 0.25) is 0 Å². The van der Waals surface area contributed by atoms with Gasteiger partial charge >= 0.3 is 0 Å². The normalized spacial score (nSPS) is 15.2. The lowest BCUT2D eigenvalue weighted by atomic mass is 9.95. The maximum Gasteiger partial charge on any atom is 0.242 e. The lowest BCUT2D eigenvalue weighted by molar-refractivity contribution is -0.124. The molecule has 1 aliphatic rings. The van der Waals surface area contributed by atoms with Gasteiger partial charge in [0.15, 0.2) is 0 Å². The predicted octanol–water partition coefficient (Wildman–Crippen LogP) is 2.52. The largest absolute Gasteiger partial charge is 0.273 e. The van der Waals surface area contributed by atoms with E-state index in [0.29, 0.717) is 18.5 Å². The number of amides is 2. The molecule has 0 radical (unpaired) electrons. The fourth-order valence-electron chi connectivity index (χ4n) is 1.91. The number of thiol groups is 1. The Morgan fingerprint density at radius 2 is 1.86 bits per heavy atom. The number of hydrogen-bond donors (Lipinski definition) is 2. The average Bonchev–Trinajstić information content (AvgIpc) is 2.46. The maximum atomic E-state index is 12.2. The zero-order chi connectivity index (χ0) is 15.6. The molecule has 1 N–H and O–H groups in total. The van der Waals surface area contributed by atoms with E-state index in [1.165, 1.54) is 4.31 Å². The van der Waals surface area contributed by atoms with Crippen LogP contribution in [0.3, 0.4) is 0 Å². The van der Waals surface area contributed by atoms with Crippen molar-refractivity contribution in [2.75, 3.05) is 4.31 Å². The fraction of sp³-hybridized carbons (Fsp3) is 0.400. The van der Waals surface area contributed by atoms with Gasteiger partial charge in [0.05, 0.1) is 11.4 Å². The van der Waals surface area contributed by atoms with Crippen molar-refractivity contribution >= 4 is 36.0 Å². The Morgan fingerprint density at radius 1 is 1.24 bits per heavy atom. The van der Waals surface area contributed by atoms with Gasteiger partial charge in [-0.15, -0.1) is 0 Å². The summed E-state index contributed by atoms with van der Waals surface area (Å²) in [6, 6.07) is 7.41. The number of rotatable bonds is 2. The minimum absolute atomic E-state index is 0.0623. The molecule has 2 amide bonds. The van der Waals surface area contributed by atoms with E-state index in [1.54, 1.807) is 0 Å². The molecule has 1 aliphatic heterocycles. The molecule has 0 saturated carbocycles. The van der Waals surface area contributed by atoms with Crippen molar-refractivity contribution in [1.82, 2.24) is 5.43 Å². The van der Waals surface area contributed by atoms with Gasteiger partial charge in [-0.1, -0.05) is 45.7 Å². The second-order valence-electron chi connectivity index (χ2n) is 6.01. The minimum atomic E-state index is -0.488. The number of carbonyl (C=O) groups excluding carboxylic acids is 2. The molecule has 0 aromatic heterocycles. The highest BCUT2D eigenvalue weighted by atomic mass is 32.1. The van der Waals surface area contributed by atoms with Gasteiger partial charge in [-0.2, -0.15) is 5.10 Å². The Kier molecular flexibility index (Phi) is 4.37. The van der Waals surface area contributed by atoms with E-state index in [0.717, 1.165) is 11.3 Å². The summed E-state index contributed by atoms with van der Waals surface area (Å²) in [4.78, 5) is 23.2. The molecule has 0 fully saturated rings. The van der Waals surface area contributed by atoms with Crippen molar-refractivity contribution < 1.29 is 9.59 Å². The Labute approximate surface area is 129 Å². The molecule has 0 saturated heterocycles. The second-order valence-corrected chi connectivity index (χ2v) is 6.41. The first-order valence-electron chi connectivity index (χ1n) is 6.78. The van der Waals surface area contributed by atoms with Crippen LogP contribution >= 0.6 is 12.8 Å². The van der Waals surface area contributed by atoms with Crippen molar-refractivity contribution in [3.8, 4) is 0 Å². The zero-order valence-corrected chi connectivity index (χ0v) is 13.3. The molecule has 1 heterocycles. The highest BCUT2D eigenvalue weighted by molar-refractivity contribution is 7.82. The highest BCUT2D eigenvalue weighted by Gasteiger charge is 2.26. The molecule has 21 heavy (non-hydrogen) atoms. The summed E-state index contributed by atoms with van der Waals surface area (Å²) in [7, 11) is 0. The molecule has 1 aromatic rings. The lowest BCUT2D eigenvalue weighted by Gasteiger charge is -2.24. The van der Waals surface area contributed by atoms with Crippen LogP contribution in [0.5, 0.6) is 0 Å². The van der Waals surface area contributed by atoms with Crippen molar-refractivity contribution in [3.05, 3.63) is 29.8 Å². The summed E-state index contributed by atoms with van der Waals surface area (Å²) in [6.07, 6.45) is 1.07. The zero-order valence-electron chi connectivity index (χ0n) is 12.4. The summed E-state index contributed by atoms with van der Waals surface area (Å²) in [5.41, 5.74) is 4.47. The van der Waals surface area contributed by atoms with Crippen LogP contribution in [-0.4, -0.2) is 17.5 Å². The topological polar surface area (TPSA) is 61.8 Å². The highest BCUT2D eigenvalue weighted by Crippen LogP contribution is 2.25. The van der Waals surface area contributed by atoms with Gasteiger partial charge in [0.25, 0.3) is 0 Å². The Morgan fingerprint density at radius 3 is 2.33 bits per heavy atom. The van der Waals surface area contributed by atoms with E-state index in [2.05, 4.69) is 23.3 Å². The molecule has 0 bridgehead atoms. The van der Waals surface area contributed by atoms with Gasteiger partial charge in [0.2, 0.25) is 11.8 Å². The van der Waals surface area contributed by atoms with Crippen LogP contribution in [0.25, 0.3) is 0 Å². The molecule has 1 aromatic carbocycles. The van der Waals surface area contributed by atoms with Crippen molar-refractivity contribution in [1.29, 1.82) is 0 Å². The quantitative estimate of drug-likeness (QED) is 0.825. The molecule has 112 valence electrons. The second kappa shape index (κ2) is 5.89. The monoisotopic (exact) mass is 305 g/mol. The van der Waals surface area contributed by atoms with Gasteiger partial charge in [0, 0.05) is 18.3 Å². The minimum Gasteiger partial charge on any atom is -0.273 e. The number of carbonyl (C=O) groups is 2.